The van der Waals surface area contributed by atoms with E-state index in [0.29, 0.717) is 6.42 Å². The average molecular weight is 218 g/mol. The van der Waals surface area contributed by atoms with Crippen LogP contribution in [-0.4, -0.2) is 31.0 Å². The van der Waals surface area contributed by atoms with Crippen molar-refractivity contribution in [1.82, 2.24) is 0 Å². The van der Waals surface area contributed by atoms with E-state index in [9.17, 15) is 8.78 Å². The Morgan fingerprint density at radius 1 is 1.73 bits per heavy atom. The van der Waals surface area contributed by atoms with Crippen LogP contribution in [0.5, 0.6) is 0 Å². The van der Waals surface area contributed by atoms with Crippen LogP contribution in [0.2, 0.25) is 0 Å². The van der Waals surface area contributed by atoms with Gasteiger partial charge in [0.2, 0.25) is 0 Å². The highest BCUT2D eigenvalue weighted by atomic mass is 19.3. The number of hydrogen-bond acceptors (Lipinski definition) is 3. The molecule has 15 heavy (non-hydrogen) atoms. The van der Waals surface area contributed by atoms with E-state index in [1.165, 1.54) is 0 Å². The maximum atomic E-state index is 12.5. The lowest BCUT2D eigenvalue weighted by Crippen LogP contribution is -2.26. The fourth-order valence-electron chi connectivity index (χ4n) is 1.18. The second-order valence-corrected chi connectivity index (χ2v) is 3.84. The van der Waals surface area contributed by atoms with Crippen LogP contribution in [-0.2, 0) is 4.74 Å². The first-order valence-electron chi connectivity index (χ1n) is 4.87. The molecule has 1 rings (SSSR count). The minimum Gasteiger partial charge on any atom is -0.350 e. The normalized spacial score (nSPS) is 23.8. The number of nitrogens with two attached hydrogens (primary N) is 1. The Morgan fingerprint density at radius 3 is 2.80 bits per heavy atom. The fraction of sp³-hybridized carbons (Fsp3) is 0.700. The molecule has 3 nitrogen and oxygen atoms in total. The molecule has 0 aromatic carbocycles. The van der Waals surface area contributed by atoms with Crippen LogP contribution in [0.25, 0.3) is 0 Å². The minimum absolute atomic E-state index is 0.0812. The van der Waals surface area contributed by atoms with Gasteiger partial charge in [-0.05, 0) is 12.5 Å². The molecular formula is C10H16F2N2O. The Labute approximate surface area is 88.0 Å². The summed E-state index contributed by atoms with van der Waals surface area (Å²) in [5.41, 5.74) is 6.55. The van der Waals surface area contributed by atoms with Gasteiger partial charge in [0.25, 0.3) is 5.92 Å². The number of halogens is 2. The first-order valence-corrected chi connectivity index (χ1v) is 4.87. The van der Waals surface area contributed by atoms with Gasteiger partial charge in [-0.25, -0.2) is 8.78 Å². The lowest BCUT2D eigenvalue weighted by Gasteiger charge is -2.19. The van der Waals surface area contributed by atoms with E-state index in [-0.39, 0.29) is 6.04 Å². The van der Waals surface area contributed by atoms with Crippen molar-refractivity contribution >= 4 is 6.21 Å². The number of alkyl halides is 2. The quantitative estimate of drug-likeness (QED) is 0.781. The van der Waals surface area contributed by atoms with E-state index in [4.69, 9.17) is 10.5 Å². The first kappa shape index (κ1) is 12.3. The van der Waals surface area contributed by atoms with Crippen molar-refractivity contribution in [2.24, 2.45) is 10.7 Å². The third-order valence-electron chi connectivity index (χ3n) is 2.00. The zero-order valence-electron chi connectivity index (χ0n) is 8.91. The zero-order valence-corrected chi connectivity index (χ0v) is 8.91. The predicted octanol–water partition coefficient (Wildman–Crippen LogP) is 1.73. The van der Waals surface area contributed by atoms with Crippen molar-refractivity contribution in [2.45, 2.75) is 38.5 Å². The van der Waals surface area contributed by atoms with Gasteiger partial charge < -0.3 is 10.5 Å². The third-order valence-corrected chi connectivity index (χ3v) is 2.00. The molecule has 0 bridgehead atoms. The molecule has 5 heteroatoms. The summed E-state index contributed by atoms with van der Waals surface area (Å²) in [7, 11) is 0. The molecule has 0 fully saturated rings. The van der Waals surface area contributed by atoms with Gasteiger partial charge in [-0.15, -0.1) is 0 Å². The summed E-state index contributed by atoms with van der Waals surface area (Å²) < 4.78 is 29.9. The summed E-state index contributed by atoms with van der Waals surface area (Å²) in [6, 6.07) is -0.0812. The number of rotatable bonds is 4. The summed E-state index contributed by atoms with van der Waals surface area (Å²) in [5, 5.41) is 0. The molecule has 0 amide bonds. The van der Waals surface area contributed by atoms with Crippen LogP contribution in [0, 0.1) is 0 Å². The topological polar surface area (TPSA) is 47.6 Å². The van der Waals surface area contributed by atoms with Crippen LogP contribution < -0.4 is 5.73 Å². The molecule has 0 radical (unpaired) electrons. The van der Waals surface area contributed by atoms with Crippen LogP contribution in [0.1, 0.15) is 20.3 Å². The van der Waals surface area contributed by atoms with Crippen LogP contribution in [0.3, 0.4) is 0 Å². The van der Waals surface area contributed by atoms with E-state index in [1.54, 1.807) is 6.21 Å². The van der Waals surface area contributed by atoms with Crippen LogP contribution in [0.4, 0.5) is 8.78 Å². The summed E-state index contributed by atoms with van der Waals surface area (Å²) >= 11 is 0. The number of nitrogens with zero attached hydrogens (tertiary/aromatic N) is 1. The molecule has 0 aromatic rings. The van der Waals surface area contributed by atoms with Gasteiger partial charge in [-0.3, -0.25) is 4.99 Å². The Balaban J connectivity index is 2.37. The predicted molar refractivity (Wildman–Crippen MR) is 55.2 cm³/mol. The standard InChI is InChI=1S/C10H16F2N2O/c1-7(13)8-3-4-9(14-5-8)15-6-10(2,11)12/h3,5,7,9H,4,6,13H2,1-2H3. The Bertz CT molecular complexity index is 269. The van der Waals surface area contributed by atoms with Gasteiger partial charge in [0, 0.05) is 25.6 Å². The monoisotopic (exact) mass is 218 g/mol. The minimum atomic E-state index is -2.80. The number of aliphatic imine (C=N–C) groups is 1. The van der Waals surface area contributed by atoms with Gasteiger partial charge in [-0.1, -0.05) is 6.08 Å². The molecule has 1 aliphatic heterocycles. The highest BCUT2D eigenvalue weighted by Gasteiger charge is 2.23. The van der Waals surface area contributed by atoms with E-state index in [2.05, 4.69) is 4.99 Å². The van der Waals surface area contributed by atoms with E-state index >= 15 is 0 Å². The maximum Gasteiger partial charge on any atom is 0.268 e. The fourth-order valence-corrected chi connectivity index (χ4v) is 1.18. The number of dihydropyridines is 1. The first-order chi connectivity index (χ1) is 6.88. The molecule has 0 aromatic heterocycles. The van der Waals surface area contributed by atoms with Gasteiger partial charge in [0.15, 0.2) is 6.23 Å². The van der Waals surface area contributed by atoms with Crippen molar-refractivity contribution in [2.75, 3.05) is 6.61 Å². The highest BCUT2D eigenvalue weighted by molar-refractivity contribution is 5.80. The molecule has 1 heterocycles. The van der Waals surface area contributed by atoms with Crippen molar-refractivity contribution in [1.29, 1.82) is 0 Å². The lowest BCUT2D eigenvalue weighted by atomic mass is 10.1. The smallest absolute Gasteiger partial charge is 0.268 e. The van der Waals surface area contributed by atoms with E-state index < -0.39 is 18.8 Å². The second kappa shape index (κ2) is 4.81. The lowest BCUT2D eigenvalue weighted by molar-refractivity contribution is -0.0845. The van der Waals surface area contributed by atoms with Gasteiger partial charge >= 0.3 is 0 Å². The summed E-state index contributed by atoms with van der Waals surface area (Å²) in [6.45, 7) is 2.07. The van der Waals surface area contributed by atoms with Crippen LogP contribution in [0.15, 0.2) is 16.6 Å². The Hall–Kier alpha value is -0.810. The molecule has 0 spiro atoms. The molecule has 86 valence electrons. The molecule has 0 saturated carbocycles. The molecule has 2 atom stereocenters. The van der Waals surface area contributed by atoms with Crippen molar-refractivity contribution in [3.8, 4) is 0 Å². The Morgan fingerprint density at radius 2 is 2.40 bits per heavy atom. The highest BCUT2D eigenvalue weighted by Crippen LogP contribution is 2.17. The summed E-state index contributed by atoms with van der Waals surface area (Å²) in [4.78, 5) is 4.01. The van der Waals surface area contributed by atoms with Crippen molar-refractivity contribution < 1.29 is 13.5 Å². The van der Waals surface area contributed by atoms with E-state index in [1.807, 2.05) is 13.0 Å². The van der Waals surface area contributed by atoms with Gasteiger partial charge in [-0.2, -0.15) is 0 Å². The van der Waals surface area contributed by atoms with Gasteiger partial charge in [0.05, 0.1) is 0 Å². The van der Waals surface area contributed by atoms with Gasteiger partial charge in [0.1, 0.15) is 6.61 Å². The van der Waals surface area contributed by atoms with Crippen molar-refractivity contribution in [3.63, 3.8) is 0 Å². The molecular weight excluding hydrogens is 202 g/mol. The third kappa shape index (κ3) is 4.48. The maximum absolute atomic E-state index is 12.5. The molecule has 1 aliphatic rings. The number of ether oxygens (including phenoxy) is 1. The molecule has 0 aliphatic carbocycles. The Kier molecular flexibility index (Phi) is 3.93. The zero-order chi connectivity index (χ0) is 11.5. The second-order valence-electron chi connectivity index (χ2n) is 3.84. The largest absolute Gasteiger partial charge is 0.350 e. The van der Waals surface area contributed by atoms with Crippen molar-refractivity contribution in [3.05, 3.63) is 11.6 Å². The average Bonchev–Trinajstić information content (AvgIpc) is 2.14. The summed E-state index contributed by atoms with van der Waals surface area (Å²) in [5.74, 6) is -2.80. The summed E-state index contributed by atoms with van der Waals surface area (Å²) in [6.07, 6.45) is 3.46. The van der Waals surface area contributed by atoms with Crippen LogP contribution >= 0.6 is 0 Å². The SMILES string of the molecule is CC(N)C1=CCC(OCC(C)(F)F)N=C1. The molecule has 2 unspecified atom stereocenters. The van der Waals surface area contributed by atoms with E-state index in [0.717, 1.165) is 12.5 Å². The number of hydrogen-bond donors (Lipinski definition) is 1. The molecule has 0 saturated heterocycles. The molecule has 2 N–H and O–H groups in total.